The molecule has 0 bridgehead atoms. The van der Waals surface area contributed by atoms with Crippen LogP contribution in [0.3, 0.4) is 0 Å². The summed E-state index contributed by atoms with van der Waals surface area (Å²) in [5.74, 6) is 5.12. The molecule has 0 aliphatic heterocycles. The van der Waals surface area contributed by atoms with Crippen LogP contribution in [-0.4, -0.2) is 11.3 Å². The number of hydrogen-bond donors (Lipinski definition) is 0. The Morgan fingerprint density at radius 3 is 1.27 bits per heavy atom. The molecule has 6 atom stereocenters. The van der Waals surface area contributed by atoms with Crippen molar-refractivity contribution in [3.8, 4) is 0 Å². The third-order valence-electron chi connectivity index (χ3n) is 11.3. The molecule has 0 amide bonds. The van der Waals surface area contributed by atoms with Gasteiger partial charge in [-0.3, -0.25) is 0 Å². The number of hydrogen-bond acceptors (Lipinski definition) is 0. The van der Waals surface area contributed by atoms with E-state index < -0.39 is 15.8 Å². The molecule has 2 saturated carbocycles. The van der Waals surface area contributed by atoms with E-state index in [9.17, 15) is 0 Å². The summed E-state index contributed by atoms with van der Waals surface area (Å²) in [5, 5.41) is 6.36. The maximum atomic E-state index is 4.73. The number of halogens is 2. The molecule has 2 unspecified atom stereocenters. The van der Waals surface area contributed by atoms with Gasteiger partial charge in [0.1, 0.15) is 0 Å². The Hall–Kier alpha value is -1.17. The van der Waals surface area contributed by atoms with E-state index in [0.29, 0.717) is 12.9 Å². The van der Waals surface area contributed by atoms with Gasteiger partial charge in [0.15, 0.2) is 0 Å². The summed E-state index contributed by atoms with van der Waals surface area (Å²) in [6.45, 7) is 14.6. The zero-order chi connectivity index (χ0) is 35.2. The molecule has 2 aliphatic carbocycles. The Kier molecular flexibility index (Phi) is 17.7. The van der Waals surface area contributed by atoms with Crippen molar-refractivity contribution in [1.82, 2.24) is 0 Å². The first-order chi connectivity index (χ1) is 23.7. The van der Waals surface area contributed by atoms with Crippen molar-refractivity contribution in [3.05, 3.63) is 121 Å². The van der Waals surface area contributed by atoms with Crippen LogP contribution in [0.2, 0.25) is 0 Å². The molecular weight excluding hydrogens is 720 g/mol. The minimum absolute atomic E-state index is 0.382. The van der Waals surface area contributed by atoms with Gasteiger partial charge in [0.2, 0.25) is 0 Å². The molecule has 0 saturated heterocycles. The van der Waals surface area contributed by atoms with Crippen molar-refractivity contribution < 1.29 is 12.9 Å². The first-order valence-electron chi connectivity index (χ1n) is 18.5. The van der Waals surface area contributed by atoms with Crippen molar-refractivity contribution in [2.24, 2.45) is 35.5 Å². The molecule has 0 heterocycles. The monoisotopic (exact) mass is 779 g/mol. The van der Waals surface area contributed by atoms with Crippen LogP contribution in [-0.2, 0) is 12.9 Å². The molecular formula is C44H60Cl2CoP2+2. The zero-order valence-electron chi connectivity index (χ0n) is 30.5. The first-order valence-corrected chi connectivity index (χ1v) is 24.6. The second kappa shape index (κ2) is 21.4. The molecule has 49 heavy (non-hydrogen) atoms. The average molecular weight is 781 g/mol. The van der Waals surface area contributed by atoms with Crippen molar-refractivity contribution in [2.45, 2.75) is 91.4 Å². The molecule has 4 aromatic rings. The van der Waals surface area contributed by atoms with Crippen molar-refractivity contribution in [3.63, 3.8) is 0 Å². The van der Waals surface area contributed by atoms with E-state index in [1.807, 2.05) is 0 Å². The summed E-state index contributed by atoms with van der Waals surface area (Å²) in [6, 6.07) is 45.3. The molecule has 0 radical (unpaired) electrons. The molecule has 0 N–H and O–H groups in total. The van der Waals surface area contributed by atoms with Crippen LogP contribution in [0, 0.1) is 35.5 Å². The quantitative estimate of drug-likeness (QED) is 0.156. The van der Waals surface area contributed by atoms with Gasteiger partial charge < -0.3 is 0 Å². The Balaban J connectivity index is 0.000000205. The fraction of sp³-hybridized carbons (Fsp3) is 0.455. The van der Waals surface area contributed by atoms with Crippen LogP contribution in [0.25, 0.3) is 0 Å². The van der Waals surface area contributed by atoms with Crippen molar-refractivity contribution in [1.29, 1.82) is 0 Å². The maximum absolute atomic E-state index is 4.73. The third kappa shape index (κ3) is 11.9. The van der Waals surface area contributed by atoms with Crippen LogP contribution in [0.5, 0.6) is 0 Å². The summed E-state index contributed by atoms with van der Waals surface area (Å²) >= 11 is 0.382. The van der Waals surface area contributed by atoms with Crippen LogP contribution >= 0.6 is 36.1 Å². The SMILES string of the molecule is CC(C)[C@@H]1CC[C@@H](C)C([PH+](c2ccccc2)c2ccccc2)C1.CC(C)[C@H]1CC[C@H](C)CC1[PH+](c1ccccc1)c1ccccc1.[Cl][Co][Cl]. The Morgan fingerprint density at radius 2 is 0.898 bits per heavy atom. The first kappa shape index (κ1) is 40.6. The molecule has 2 aliphatic rings. The topological polar surface area (TPSA) is 0 Å². The van der Waals surface area contributed by atoms with Gasteiger partial charge in [0.05, 0.1) is 48.4 Å². The third-order valence-corrected chi connectivity index (χ3v) is 18.1. The molecule has 267 valence electrons. The van der Waals surface area contributed by atoms with Crippen LogP contribution in [0.4, 0.5) is 0 Å². The summed E-state index contributed by atoms with van der Waals surface area (Å²) in [4.78, 5) is 0. The van der Waals surface area contributed by atoms with E-state index in [1.165, 1.54) is 38.5 Å². The van der Waals surface area contributed by atoms with Gasteiger partial charge in [0, 0.05) is 0 Å². The van der Waals surface area contributed by atoms with E-state index in [-0.39, 0.29) is 0 Å². The second-order valence-electron chi connectivity index (χ2n) is 15.2. The molecule has 0 aromatic heterocycles. The summed E-state index contributed by atoms with van der Waals surface area (Å²) in [7, 11) is 8.02. The second-order valence-corrected chi connectivity index (χ2v) is 22.3. The van der Waals surface area contributed by atoms with Gasteiger partial charge in [-0.15, -0.1) is 0 Å². The van der Waals surface area contributed by atoms with Crippen molar-refractivity contribution in [2.75, 3.05) is 0 Å². The van der Waals surface area contributed by atoms with Gasteiger partial charge in [-0.25, -0.2) is 0 Å². The summed E-state index contributed by atoms with van der Waals surface area (Å²) in [5.41, 5.74) is 1.71. The van der Waals surface area contributed by atoms with Crippen LogP contribution in [0.1, 0.15) is 80.1 Å². The predicted molar refractivity (Wildman–Crippen MR) is 223 cm³/mol. The molecule has 4 aromatic carbocycles. The van der Waals surface area contributed by atoms with Crippen LogP contribution in [0.15, 0.2) is 121 Å². The summed E-state index contributed by atoms with van der Waals surface area (Å²) < 4.78 is 0. The van der Waals surface area contributed by atoms with Gasteiger partial charge in [-0.2, -0.15) is 0 Å². The molecule has 0 spiro atoms. The molecule has 5 heteroatoms. The molecule has 2 fully saturated rings. The Labute approximate surface area is 316 Å². The van der Waals surface area contributed by atoms with Gasteiger partial charge in [0.25, 0.3) is 0 Å². The van der Waals surface area contributed by atoms with Crippen molar-refractivity contribution >= 4 is 57.4 Å². The van der Waals surface area contributed by atoms with Gasteiger partial charge >= 0.3 is 33.2 Å². The minimum atomic E-state index is -0.726. The molecule has 0 nitrogen and oxygen atoms in total. The van der Waals surface area contributed by atoms with E-state index in [1.54, 1.807) is 21.2 Å². The summed E-state index contributed by atoms with van der Waals surface area (Å²) in [6.07, 6.45) is 8.47. The zero-order valence-corrected chi connectivity index (χ0v) is 35.1. The fourth-order valence-corrected chi connectivity index (χ4v) is 16.0. The number of rotatable bonds is 8. The number of benzene rings is 4. The van der Waals surface area contributed by atoms with Gasteiger partial charge in [-0.05, 0) is 116 Å². The Morgan fingerprint density at radius 1 is 0.510 bits per heavy atom. The normalized spacial score (nSPS) is 23.9. The van der Waals surface area contributed by atoms with Gasteiger partial charge in [-0.1, -0.05) is 121 Å². The predicted octanol–water partition coefficient (Wildman–Crippen LogP) is 12.0. The van der Waals surface area contributed by atoms with E-state index >= 15 is 0 Å². The fourth-order valence-electron chi connectivity index (χ4n) is 8.56. The molecule has 6 rings (SSSR count). The van der Waals surface area contributed by atoms with E-state index in [2.05, 4.69) is 163 Å². The van der Waals surface area contributed by atoms with E-state index in [4.69, 9.17) is 20.3 Å². The van der Waals surface area contributed by atoms with Crippen LogP contribution < -0.4 is 21.2 Å². The van der Waals surface area contributed by atoms with E-state index in [0.717, 1.165) is 46.8 Å². The Bertz CT molecular complexity index is 1360. The standard InChI is InChI=1S/2C22H29P.2ClH.Co/c1-17(2)19-15-14-18(3)22(16-19)23(20-10-6-4-7-11-20)21-12-8-5-9-13-21;1-17(2)21-15-14-18(3)16-22(21)23(19-10-6-4-7-11-19)20-12-8-5-9-13-20;;;/h4-13,17-19,22H,14-16H2,1-3H3;4-13,17-18,21-22H,14-16H2,1-3H3;2*1H;/q;;;;+2/t18-,19-,22?;18-,21+,22?;;;/m10.../s1. The average Bonchev–Trinajstić information content (AvgIpc) is 3.12.